The molecule has 0 aliphatic carbocycles. The van der Waals surface area contributed by atoms with Gasteiger partial charge in [-0.05, 0) is 76.0 Å². The molecular weight excluding hydrogens is 386 g/mol. The van der Waals surface area contributed by atoms with Gasteiger partial charge in [-0.3, -0.25) is 14.5 Å². The topological polar surface area (TPSA) is 61.4 Å². The van der Waals surface area contributed by atoms with Crippen LogP contribution in [0.1, 0.15) is 29.5 Å². The number of hydrogen-bond acceptors (Lipinski definition) is 3. The first kappa shape index (κ1) is 21.3. The van der Waals surface area contributed by atoms with Crippen LogP contribution in [-0.2, 0) is 9.59 Å². The summed E-state index contributed by atoms with van der Waals surface area (Å²) in [5.41, 5.74) is 4.84. The van der Waals surface area contributed by atoms with E-state index in [0.717, 1.165) is 48.4 Å². The van der Waals surface area contributed by atoms with Gasteiger partial charge < -0.3 is 10.6 Å². The molecule has 1 heterocycles. The van der Waals surface area contributed by atoms with Crippen LogP contribution in [0.2, 0.25) is 5.02 Å². The minimum absolute atomic E-state index is 0.0191. The number of likely N-dealkylation sites (tertiary alicyclic amines) is 1. The van der Waals surface area contributed by atoms with E-state index in [1.54, 1.807) is 6.07 Å². The highest BCUT2D eigenvalue weighted by Gasteiger charge is 2.26. The predicted octanol–water partition coefficient (Wildman–Crippen LogP) is 4.55. The summed E-state index contributed by atoms with van der Waals surface area (Å²) in [5.74, 6) is -0.0452. The van der Waals surface area contributed by atoms with Gasteiger partial charge in [0.2, 0.25) is 11.8 Å². The maximum Gasteiger partial charge on any atom is 0.238 e. The van der Waals surface area contributed by atoms with Crippen molar-refractivity contribution in [1.29, 1.82) is 0 Å². The molecule has 2 N–H and O–H groups in total. The highest BCUT2D eigenvalue weighted by molar-refractivity contribution is 6.31. The third kappa shape index (κ3) is 5.81. The molecule has 0 atom stereocenters. The Bertz CT molecular complexity index is 905. The molecule has 6 heteroatoms. The number of aryl methyl sites for hydroxylation is 3. The number of carbonyl (C=O) groups excluding carboxylic acids is 2. The number of halogens is 1. The first-order valence-corrected chi connectivity index (χ1v) is 10.4. The Hall–Kier alpha value is -2.37. The molecular formula is C23H28ClN3O2. The Morgan fingerprint density at radius 1 is 0.966 bits per heavy atom. The van der Waals surface area contributed by atoms with Gasteiger partial charge in [0.1, 0.15) is 0 Å². The van der Waals surface area contributed by atoms with Crippen molar-refractivity contribution in [2.45, 2.75) is 33.6 Å². The maximum atomic E-state index is 12.6. The van der Waals surface area contributed by atoms with E-state index in [2.05, 4.69) is 21.6 Å². The summed E-state index contributed by atoms with van der Waals surface area (Å²) in [6.07, 6.45) is 1.48. The number of nitrogens with one attached hydrogen (secondary N) is 2. The fourth-order valence-electron chi connectivity index (χ4n) is 3.66. The number of benzene rings is 2. The number of anilines is 2. The van der Waals surface area contributed by atoms with Crippen molar-refractivity contribution in [3.63, 3.8) is 0 Å². The van der Waals surface area contributed by atoms with Crippen molar-refractivity contribution in [3.05, 3.63) is 58.1 Å². The fraction of sp³-hybridized carbons (Fsp3) is 0.391. The van der Waals surface area contributed by atoms with Crippen molar-refractivity contribution in [2.24, 2.45) is 5.92 Å². The molecule has 2 aromatic carbocycles. The minimum Gasteiger partial charge on any atom is -0.326 e. The molecule has 29 heavy (non-hydrogen) atoms. The van der Waals surface area contributed by atoms with E-state index < -0.39 is 0 Å². The van der Waals surface area contributed by atoms with Gasteiger partial charge in [0, 0.05) is 22.3 Å². The molecule has 2 amide bonds. The molecule has 1 aliphatic heterocycles. The summed E-state index contributed by atoms with van der Waals surface area (Å²) in [4.78, 5) is 27.1. The fourth-order valence-corrected chi connectivity index (χ4v) is 3.84. The molecule has 1 saturated heterocycles. The summed E-state index contributed by atoms with van der Waals surface area (Å²) in [7, 11) is 0. The van der Waals surface area contributed by atoms with Crippen LogP contribution < -0.4 is 10.6 Å². The normalized spacial score (nSPS) is 15.2. The lowest BCUT2D eigenvalue weighted by Crippen LogP contribution is -2.41. The van der Waals surface area contributed by atoms with Crippen molar-refractivity contribution < 1.29 is 9.59 Å². The van der Waals surface area contributed by atoms with Crippen LogP contribution in [0.25, 0.3) is 0 Å². The van der Waals surface area contributed by atoms with Crippen LogP contribution >= 0.6 is 11.6 Å². The quantitative estimate of drug-likeness (QED) is 0.755. The molecule has 5 nitrogen and oxygen atoms in total. The van der Waals surface area contributed by atoms with Crippen LogP contribution in [0.5, 0.6) is 0 Å². The monoisotopic (exact) mass is 413 g/mol. The summed E-state index contributed by atoms with van der Waals surface area (Å²) >= 11 is 6.03. The molecule has 0 radical (unpaired) electrons. The summed E-state index contributed by atoms with van der Waals surface area (Å²) in [6.45, 7) is 7.78. The molecule has 2 aromatic rings. The second kappa shape index (κ2) is 9.42. The lowest BCUT2D eigenvalue weighted by atomic mass is 9.95. The zero-order chi connectivity index (χ0) is 21.0. The number of nitrogens with zero attached hydrogens (tertiary/aromatic N) is 1. The highest BCUT2D eigenvalue weighted by atomic mass is 35.5. The van der Waals surface area contributed by atoms with Gasteiger partial charge in [0.15, 0.2) is 0 Å². The van der Waals surface area contributed by atoms with Crippen molar-refractivity contribution in [2.75, 3.05) is 30.3 Å². The van der Waals surface area contributed by atoms with Crippen molar-refractivity contribution in [3.8, 4) is 0 Å². The zero-order valence-electron chi connectivity index (χ0n) is 17.2. The van der Waals surface area contributed by atoms with E-state index >= 15 is 0 Å². The second-order valence-corrected chi connectivity index (χ2v) is 8.30. The number of rotatable bonds is 5. The van der Waals surface area contributed by atoms with Crippen molar-refractivity contribution in [1.82, 2.24) is 4.90 Å². The van der Waals surface area contributed by atoms with Gasteiger partial charge in [-0.1, -0.05) is 35.4 Å². The SMILES string of the molecule is Cc1ccc(NC(=O)CN2CCC(C(=O)Nc3cc(Cl)ccc3C)CC2)c(C)c1. The molecule has 0 unspecified atom stereocenters. The van der Waals surface area contributed by atoms with E-state index in [0.29, 0.717) is 11.6 Å². The van der Waals surface area contributed by atoms with Gasteiger partial charge in [-0.15, -0.1) is 0 Å². The standard InChI is InChI=1S/C23H28ClN3O2/c1-15-4-7-20(17(3)12-15)25-22(28)14-27-10-8-18(9-11-27)23(29)26-21-13-19(24)6-5-16(21)2/h4-7,12-13,18H,8-11,14H2,1-3H3,(H,25,28)(H,26,29). The molecule has 1 aliphatic rings. The van der Waals surface area contributed by atoms with E-state index in [4.69, 9.17) is 11.6 Å². The first-order chi connectivity index (χ1) is 13.8. The Balaban J connectivity index is 1.48. The van der Waals surface area contributed by atoms with Gasteiger partial charge >= 0.3 is 0 Å². The average Bonchev–Trinajstić information content (AvgIpc) is 2.67. The van der Waals surface area contributed by atoms with Gasteiger partial charge in [0.25, 0.3) is 0 Å². The number of piperidine rings is 1. The zero-order valence-corrected chi connectivity index (χ0v) is 18.0. The highest BCUT2D eigenvalue weighted by Crippen LogP contribution is 2.24. The third-order valence-corrected chi connectivity index (χ3v) is 5.67. The molecule has 1 fully saturated rings. The predicted molar refractivity (Wildman–Crippen MR) is 119 cm³/mol. The lowest BCUT2D eigenvalue weighted by Gasteiger charge is -2.30. The Kier molecular flexibility index (Phi) is 6.93. The largest absolute Gasteiger partial charge is 0.326 e. The Morgan fingerprint density at radius 3 is 2.38 bits per heavy atom. The van der Waals surface area contributed by atoms with Gasteiger partial charge in [-0.2, -0.15) is 0 Å². The lowest BCUT2D eigenvalue weighted by molar-refractivity contribution is -0.121. The number of carbonyl (C=O) groups is 2. The van der Waals surface area contributed by atoms with Gasteiger partial charge in [-0.25, -0.2) is 0 Å². The number of amides is 2. The average molecular weight is 414 g/mol. The minimum atomic E-state index is -0.0490. The van der Waals surface area contributed by atoms with Crippen LogP contribution in [-0.4, -0.2) is 36.3 Å². The van der Waals surface area contributed by atoms with E-state index in [-0.39, 0.29) is 17.7 Å². The van der Waals surface area contributed by atoms with E-state index in [1.807, 2.05) is 45.0 Å². The third-order valence-electron chi connectivity index (χ3n) is 5.44. The molecule has 0 spiro atoms. The molecule has 3 rings (SSSR count). The smallest absolute Gasteiger partial charge is 0.238 e. The maximum absolute atomic E-state index is 12.6. The van der Waals surface area contributed by atoms with Crippen LogP contribution in [0.3, 0.4) is 0 Å². The van der Waals surface area contributed by atoms with Gasteiger partial charge in [0.05, 0.1) is 6.54 Å². The van der Waals surface area contributed by atoms with Crippen molar-refractivity contribution >= 4 is 34.8 Å². The van der Waals surface area contributed by atoms with Crippen LogP contribution in [0.4, 0.5) is 11.4 Å². The summed E-state index contributed by atoms with van der Waals surface area (Å²) < 4.78 is 0. The molecule has 0 bridgehead atoms. The summed E-state index contributed by atoms with van der Waals surface area (Å²) in [6, 6.07) is 11.5. The Labute approximate surface area is 177 Å². The molecule has 0 aromatic heterocycles. The van der Waals surface area contributed by atoms with E-state index in [9.17, 15) is 9.59 Å². The molecule has 154 valence electrons. The Morgan fingerprint density at radius 2 is 1.69 bits per heavy atom. The molecule has 0 saturated carbocycles. The first-order valence-electron chi connectivity index (χ1n) is 9.98. The number of hydrogen-bond donors (Lipinski definition) is 2. The van der Waals surface area contributed by atoms with Crippen LogP contribution in [0.15, 0.2) is 36.4 Å². The second-order valence-electron chi connectivity index (χ2n) is 7.87. The summed E-state index contributed by atoms with van der Waals surface area (Å²) in [5, 5.41) is 6.60. The van der Waals surface area contributed by atoms with Crippen LogP contribution in [0, 0.1) is 26.7 Å². The van der Waals surface area contributed by atoms with E-state index in [1.165, 1.54) is 5.56 Å².